The van der Waals surface area contributed by atoms with Crippen LogP contribution < -0.4 is 4.90 Å². The maximum atomic E-state index is 13.4. The molecule has 28 heavy (non-hydrogen) atoms. The van der Waals surface area contributed by atoms with Gasteiger partial charge in [0.15, 0.2) is 0 Å². The first-order valence-corrected chi connectivity index (χ1v) is 11.6. The van der Waals surface area contributed by atoms with Crippen molar-refractivity contribution in [3.05, 3.63) is 58.6 Å². The van der Waals surface area contributed by atoms with Crippen LogP contribution in [0.2, 0.25) is 0 Å². The van der Waals surface area contributed by atoms with Crippen LogP contribution in [0.4, 0.5) is 5.88 Å². The Morgan fingerprint density at radius 3 is 2.43 bits per heavy atom. The topological polar surface area (TPSA) is 63.4 Å². The van der Waals surface area contributed by atoms with E-state index in [1.807, 2.05) is 36.1 Å². The molecule has 0 saturated carbocycles. The lowest BCUT2D eigenvalue weighted by molar-refractivity contribution is 0.499. The third-order valence-corrected chi connectivity index (χ3v) is 7.06. The predicted molar refractivity (Wildman–Crippen MR) is 112 cm³/mol. The lowest BCUT2D eigenvalue weighted by Crippen LogP contribution is -2.30. The minimum absolute atomic E-state index is 0.00627. The Hall–Kier alpha value is -2.12. The van der Waals surface area contributed by atoms with Gasteiger partial charge < -0.3 is 9.32 Å². The summed E-state index contributed by atoms with van der Waals surface area (Å²) in [6.07, 6.45) is 3.17. The number of aryl methyl sites for hydroxylation is 1. The molecule has 1 fully saturated rings. The molecule has 1 aromatic heterocycles. The highest BCUT2D eigenvalue weighted by molar-refractivity contribution is 9.10. The van der Waals surface area contributed by atoms with Gasteiger partial charge in [0.2, 0.25) is 26.6 Å². The highest BCUT2D eigenvalue weighted by Gasteiger charge is 2.32. The molecule has 0 spiro atoms. The molecule has 0 radical (unpaired) electrons. The van der Waals surface area contributed by atoms with Crippen LogP contribution in [-0.2, 0) is 9.84 Å². The molecule has 3 aromatic rings. The zero-order chi connectivity index (χ0) is 19.7. The average Bonchev–Trinajstić information content (AvgIpc) is 3.15. The maximum Gasteiger partial charge on any atom is 0.236 e. The standard InChI is InChI=1S/C21H21BrN2O3S/c1-15-6-5-7-16(14-15)19-23-20(21(27-19)24-12-3-2-4-13-24)28(25,26)18-10-8-17(22)9-11-18/h5-11,14H,2-4,12-13H2,1H3. The van der Waals surface area contributed by atoms with Crippen molar-refractivity contribution in [1.82, 2.24) is 4.98 Å². The number of halogens is 1. The van der Waals surface area contributed by atoms with Gasteiger partial charge in [0, 0.05) is 23.1 Å². The van der Waals surface area contributed by atoms with Crippen molar-refractivity contribution < 1.29 is 12.8 Å². The van der Waals surface area contributed by atoms with Gasteiger partial charge in [-0.2, -0.15) is 4.98 Å². The van der Waals surface area contributed by atoms with Crippen molar-refractivity contribution >= 4 is 31.7 Å². The first-order chi connectivity index (χ1) is 13.4. The van der Waals surface area contributed by atoms with Gasteiger partial charge in [-0.05, 0) is 62.6 Å². The summed E-state index contributed by atoms with van der Waals surface area (Å²) in [6.45, 7) is 3.52. The van der Waals surface area contributed by atoms with Gasteiger partial charge in [0.1, 0.15) is 0 Å². The molecule has 0 unspecified atom stereocenters. The zero-order valence-corrected chi connectivity index (χ0v) is 18.0. The lowest BCUT2D eigenvalue weighted by Gasteiger charge is -2.26. The smallest absolute Gasteiger partial charge is 0.236 e. The van der Waals surface area contributed by atoms with Crippen LogP contribution in [0.5, 0.6) is 0 Å². The van der Waals surface area contributed by atoms with Crippen LogP contribution in [0.3, 0.4) is 0 Å². The summed E-state index contributed by atoms with van der Waals surface area (Å²) in [5.41, 5.74) is 1.84. The van der Waals surface area contributed by atoms with E-state index in [9.17, 15) is 8.42 Å². The maximum absolute atomic E-state index is 13.4. The molecular weight excluding hydrogens is 440 g/mol. The average molecular weight is 461 g/mol. The number of oxazole rings is 1. The van der Waals surface area contributed by atoms with Gasteiger partial charge in [-0.15, -0.1) is 0 Å². The van der Waals surface area contributed by atoms with E-state index in [1.165, 1.54) is 0 Å². The molecule has 5 nitrogen and oxygen atoms in total. The zero-order valence-electron chi connectivity index (χ0n) is 15.6. The molecule has 1 saturated heterocycles. The van der Waals surface area contributed by atoms with Crippen molar-refractivity contribution in [3.8, 4) is 11.5 Å². The number of benzene rings is 2. The van der Waals surface area contributed by atoms with Gasteiger partial charge >= 0.3 is 0 Å². The van der Waals surface area contributed by atoms with Gasteiger partial charge in [-0.1, -0.05) is 33.6 Å². The summed E-state index contributed by atoms with van der Waals surface area (Å²) in [5, 5.41) is -0.00627. The number of piperidine rings is 1. The van der Waals surface area contributed by atoms with Crippen molar-refractivity contribution in [2.75, 3.05) is 18.0 Å². The molecule has 0 bridgehead atoms. The van der Waals surface area contributed by atoms with Crippen molar-refractivity contribution in [2.45, 2.75) is 36.1 Å². The Morgan fingerprint density at radius 2 is 1.75 bits per heavy atom. The summed E-state index contributed by atoms with van der Waals surface area (Å²) < 4.78 is 33.6. The monoisotopic (exact) mass is 460 g/mol. The molecular formula is C21H21BrN2O3S. The second-order valence-electron chi connectivity index (χ2n) is 7.00. The van der Waals surface area contributed by atoms with Crippen LogP contribution in [0.1, 0.15) is 24.8 Å². The first-order valence-electron chi connectivity index (χ1n) is 9.28. The summed E-state index contributed by atoms with van der Waals surface area (Å²) in [6, 6.07) is 14.3. The van der Waals surface area contributed by atoms with Crippen LogP contribution in [-0.4, -0.2) is 26.5 Å². The van der Waals surface area contributed by atoms with Crippen molar-refractivity contribution in [1.29, 1.82) is 0 Å². The molecule has 7 heteroatoms. The molecule has 0 N–H and O–H groups in total. The third-order valence-electron chi connectivity index (χ3n) is 4.87. The van der Waals surface area contributed by atoms with E-state index in [0.29, 0.717) is 11.8 Å². The fourth-order valence-corrected chi connectivity index (χ4v) is 4.98. The highest BCUT2D eigenvalue weighted by atomic mass is 79.9. The Balaban J connectivity index is 1.85. The number of aromatic nitrogens is 1. The van der Waals surface area contributed by atoms with E-state index in [-0.39, 0.29) is 9.92 Å². The Morgan fingerprint density at radius 1 is 1.04 bits per heavy atom. The van der Waals surface area contributed by atoms with E-state index in [1.54, 1.807) is 24.3 Å². The Labute approximate surface area is 173 Å². The SMILES string of the molecule is Cc1cccc(-c2nc(S(=O)(=O)c3ccc(Br)cc3)c(N3CCCCC3)o2)c1. The third kappa shape index (κ3) is 3.73. The Bertz CT molecular complexity index is 1090. The predicted octanol–water partition coefficient (Wildman–Crippen LogP) is 5.24. The second kappa shape index (κ2) is 7.72. The fourth-order valence-electron chi connectivity index (χ4n) is 3.40. The number of nitrogens with zero attached hydrogens (tertiary/aromatic N) is 2. The molecule has 1 aliphatic rings. The van der Waals surface area contributed by atoms with E-state index in [4.69, 9.17) is 4.42 Å². The van der Waals surface area contributed by atoms with Crippen LogP contribution in [0.15, 0.2) is 67.3 Å². The molecule has 0 amide bonds. The van der Waals surface area contributed by atoms with E-state index >= 15 is 0 Å². The summed E-state index contributed by atoms with van der Waals surface area (Å²) in [5.74, 6) is 0.680. The molecule has 146 valence electrons. The highest BCUT2D eigenvalue weighted by Crippen LogP contribution is 2.36. The van der Waals surface area contributed by atoms with Crippen LogP contribution in [0.25, 0.3) is 11.5 Å². The van der Waals surface area contributed by atoms with E-state index in [2.05, 4.69) is 20.9 Å². The largest absolute Gasteiger partial charge is 0.419 e. The summed E-state index contributed by atoms with van der Waals surface area (Å²) in [7, 11) is -3.80. The molecule has 1 aliphatic heterocycles. The number of hydrogen-bond donors (Lipinski definition) is 0. The number of anilines is 1. The Kier molecular flexibility index (Phi) is 5.29. The minimum Gasteiger partial charge on any atom is -0.419 e. The van der Waals surface area contributed by atoms with Crippen molar-refractivity contribution in [2.24, 2.45) is 0 Å². The van der Waals surface area contributed by atoms with Crippen molar-refractivity contribution in [3.63, 3.8) is 0 Å². The molecule has 4 rings (SSSR count). The molecule has 2 aromatic carbocycles. The molecule has 0 aliphatic carbocycles. The molecule has 0 atom stereocenters. The van der Waals surface area contributed by atoms with Crippen LogP contribution in [0, 0.1) is 6.92 Å². The van der Waals surface area contributed by atoms with Gasteiger partial charge in [-0.25, -0.2) is 8.42 Å². The van der Waals surface area contributed by atoms with Crippen LogP contribution >= 0.6 is 15.9 Å². The van der Waals surface area contributed by atoms with Gasteiger partial charge in [0.25, 0.3) is 0 Å². The number of hydrogen-bond acceptors (Lipinski definition) is 5. The lowest BCUT2D eigenvalue weighted by atomic mass is 10.1. The summed E-state index contributed by atoms with van der Waals surface area (Å²) in [4.78, 5) is 6.67. The van der Waals surface area contributed by atoms with E-state index < -0.39 is 9.84 Å². The van der Waals surface area contributed by atoms with E-state index in [0.717, 1.165) is 48.0 Å². The second-order valence-corrected chi connectivity index (χ2v) is 9.78. The van der Waals surface area contributed by atoms with Gasteiger partial charge in [0.05, 0.1) is 4.90 Å². The number of rotatable bonds is 4. The number of sulfone groups is 1. The first kappa shape index (κ1) is 19.2. The fraction of sp³-hybridized carbons (Fsp3) is 0.286. The quantitative estimate of drug-likeness (QED) is 0.532. The minimum atomic E-state index is -3.80. The van der Waals surface area contributed by atoms with Gasteiger partial charge in [-0.3, -0.25) is 0 Å². The normalized spacial score (nSPS) is 15.0. The molecule has 2 heterocycles. The summed E-state index contributed by atoms with van der Waals surface area (Å²) >= 11 is 3.35.